The standard InChI is InChI=1S/C17H20ClNO/c1-3-11-20-14-9-7-13(8-10-14)17(19)15-6-4-5-12(2)16(15)18/h4-10,17H,3,11,19H2,1-2H3. The van der Waals surface area contributed by atoms with Crippen molar-refractivity contribution in [1.29, 1.82) is 0 Å². The Morgan fingerprint density at radius 2 is 1.85 bits per heavy atom. The lowest BCUT2D eigenvalue weighted by Gasteiger charge is -2.16. The number of aryl methyl sites for hydroxylation is 1. The van der Waals surface area contributed by atoms with E-state index in [-0.39, 0.29) is 6.04 Å². The fraction of sp³-hybridized carbons (Fsp3) is 0.294. The molecule has 0 aliphatic heterocycles. The number of hydrogen-bond donors (Lipinski definition) is 1. The van der Waals surface area contributed by atoms with Gasteiger partial charge in [-0.25, -0.2) is 0 Å². The smallest absolute Gasteiger partial charge is 0.119 e. The maximum absolute atomic E-state index is 6.33. The summed E-state index contributed by atoms with van der Waals surface area (Å²) in [4.78, 5) is 0. The molecule has 0 aliphatic carbocycles. The van der Waals surface area contributed by atoms with Crippen LogP contribution in [0.3, 0.4) is 0 Å². The van der Waals surface area contributed by atoms with Gasteiger partial charge in [0.05, 0.1) is 12.6 Å². The van der Waals surface area contributed by atoms with Crippen LogP contribution in [-0.4, -0.2) is 6.61 Å². The summed E-state index contributed by atoms with van der Waals surface area (Å²) in [5.74, 6) is 0.873. The van der Waals surface area contributed by atoms with E-state index in [0.717, 1.165) is 40.5 Å². The Morgan fingerprint density at radius 1 is 1.15 bits per heavy atom. The highest BCUT2D eigenvalue weighted by atomic mass is 35.5. The van der Waals surface area contributed by atoms with E-state index in [4.69, 9.17) is 22.1 Å². The molecule has 106 valence electrons. The number of rotatable bonds is 5. The minimum Gasteiger partial charge on any atom is -0.494 e. The van der Waals surface area contributed by atoms with E-state index >= 15 is 0 Å². The van der Waals surface area contributed by atoms with E-state index in [2.05, 4.69) is 6.92 Å². The van der Waals surface area contributed by atoms with Gasteiger partial charge in [-0.15, -0.1) is 0 Å². The molecular weight excluding hydrogens is 270 g/mol. The Morgan fingerprint density at radius 3 is 2.50 bits per heavy atom. The summed E-state index contributed by atoms with van der Waals surface area (Å²) in [5.41, 5.74) is 9.34. The number of benzene rings is 2. The predicted molar refractivity (Wildman–Crippen MR) is 84.4 cm³/mol. The van der Waals surface area contributed by atoms with Crippen LogP contribution < -0.4 is 10.5 Å². The van der Waals surface area contributed by atoms with Crippen LogP contribution in [0.15, 0.2) is 42.5 Å². The Kier molecular flexibility index (Phi) is 5.05. The molecule has 2 aromatic rings. The Bertz CT molecular complexity index is 566. The largest absolute Gasteiger partial charge is 0.494 e. The van der Waals surface area contributed by atoms with E-state index in [1.807, 2.05) is 49.4 Å². The second kappa shape index (κ2) is 6.78. The van der Waals surface area contributed by atoms with Crippen molar-refractivity contribution < 1.29 is 4.74 Å². The number of hydrogen-bond acceptors (Lipinski definition) is 2. The van der Waals surface area contributed by atoms with E-state index in [0.29, 0.717) is 0 Å². The Hall–Kier alpha value is -1.51. The molecule has 0 radical (unpaired) electrons. The second-order valence-corrected chi connectivity index (χ2v) is 5.25. The molecule has 2 aromatic carbocycles. The molecule has 0 amide bonds. The van der Waals surface area contributed by atoms with Crippen molar-refractivity contribution in [3.63, 3.8) is 0 Å². The van der Waals surface area contributed by atoms with Gasteiger partial charge in [0.15, 0.2) is 0 Å². The van der Waals surface area contributed by atoms with Gasteiger partial charge in [-0.05, 0) is 42.2 Å². The highest BCUT2D eigenvalue weighted by molar-refractivity contribution is 6.32. The molecule has 0 spiro atoms. The fourth-order valence-corrected chi connectivity index (χ4v) is 2.32. The average Bonchev–Trinajstić information content (AvgIpc) is 2.48. The van der Waals surface area contributed by atoms with Crippen molar-refractivity contribution >= 4 is 11.6 Å². The van der Waals surface area contributed by atoms with Crippen molar-refractivity contribution in [3.8, 4) is 5.75 Å². The van der Waals surface area contributed by atoms with Crippen molar-refractivity contribution in [2.24, 2.45) is 5.73 Å². The maximum atomic E-state index is 6.33. The first-order chi connectivity index (χ1) is 9.63. The quantitative estimate of drug-likeness (QED) is 0.880. The molecule has 1 unspecified atom stereocenters. The van der Waals surface area contributed by atoms with Gasteiger partial charge < -0.3 is 10.5 Å². The van der Waals surface area contributed by atoms with Gasteiger partial charge in [0.1, 0.15) is 5.75 Å². The number of ether oxygens (including phenoxy) is 1. The summed E-state index contributed by atoms with van der Waals surface area (Å²) in [7, 11) is 0. The molecule has 0 saturated carbocycles. The highest BCUT2D eigenvalue weighted by Crippen LogP contribution is 2.29. The van der Waals surface area contributed by atoms with Gasteiger partial charge in [0, 0.05) is 5.02 Å². The van der Waals surface area contributed by atoms with E-state index < -0.39 is 0 Å². The van der Waals surface area contributed by atoms with Crippen LogP contribution in [0, 0.1) is 6.92 Å². The van der Waals surface area contributed by atoms with Crippen LogP contribution in [0.25, 0.3) is 0 Å². The fourth-order valence-electron chi connectivity index (χ4n) is 2.08. The van der Waals surface area contributed by atoms with E-state index in [1.165, 1.54) is 0 Å². The zero-order valence-electron chi connectivity index (χ0n) is 11.9. The molecule has 1 atom stereocenters. The normalized spacial score (nSPS) is 12.2. The third-order valence-corrected chi connectivity index (χ3v) is 3.79. The van der Waals surface area contributed by atoms with E-state index in [1.54, 1.807) is 0 Å². The molecule has 3 heteroatoms. The lowest BCUT2D eigenvalue weighted by molar-refractivity contribution is 0.317. The zero-order chi connectivity index (χ0) is 14.5. The maximum Gasteiger partial charge on any atom is 0.119 e. The van der Waals surface area contributed by atoms with Gasteiger partial charge in [0.25, 0.3) is 0 Å². The third-order valence-electron chi connectivity index (χ3n) is 3.27. The van der Waals surface area contributed by atoms with Gasteiger partial charge in [-0.3, -0.25) is 0 Å². The van der Waals surface area contributed by atoms with Crippen LogP contribution in [0.4, 0.5) is 0 Å². The summed E-state index contributed by atoms with van der Waals surface area (Å²) in [6.07, 6.45) is 1.00. The molecule has 0 saturated heterocycles. The van der Waals surface area contributed by atoms with Crippen molar-refractivity contribution in [1.82, 2.24) is 0 Å². The van der Waals surface area contributed by atoms with Gasteiger partial charge in [0.2, 0.25) is 0 Å². The minimum absolute atomic E-state index is 0.220. The second-order valence-electron chi connectivity index (χ2n) is 4.87. The van der Waals surface area contributed by atoms with Crippen molar-refractivity contribution in [2.45, 2.75) is 26.3 Å². The summed E-state index contributed by atoms with van der Waals surface area (Å²) in [5, 5.41) is 0.742. The molecule has 0 aromatic heterocycles. The summed E-state index contributed by atoms with van der Waals surface area (Å²) in [6.45, 7) is 4.80. The first-order valence-corrected chi connectivity index (χ1v) is 7.24. The minimum atomic E-state index is -0.220. The number of halogens is 1. The van der Waals surface area contributed by atoms with Crippen LogP contribution >= 0.6 is 11.6 Å². The van der Waals surface area contributed by atoms with Gasteiger partial charge in [-0.1, -0.05) is 48.9 Å². The Balaban J connectivity index is 2.20. The lowest BCUT2D eigenvalue weighted by atomic mass is 9.98. The molecule has 0 fully saturated rings. The molecule has 0 bridgehead atoms. The lowest BCUT2D eigenvalue weighted by Crippen LogP contribution is -2.12. The topological polar surface area (TPSA) is 35.2 Å². The van der Waals surface area contributed by atoms with Crippen LogP contribution in [0.1, 0.15) is 36.1 Å². The molecule has 0 aliphatic rings. The van der Waals surface area contributed by atoms with Gasteiger partial charge in [-0.2, -0.15) is 0 Å². The predicted octanol–water partition coefficient (Wildman–Crippen LogP) is 4.49. The molecule has 0 heterocycles. The third kappa shape index (κ3) is 3.33. The summed E-state index contributed by atoms with van der Waals surface area (Å²) < 4.78 is 5.57. The molecular formula is C17H20ClNO. The van der Waals surface area contributed by atoms with Crippen LogP contribution in [-0.2, 0) is 0 Å². The zero-order valence-corrected chi connectivity index (χ0v) is 12.7. The average molecular weight is 290 g/mol. The van der Waals surface area contributed by atoms with E-state index in [9.17, 15) is 0 Å². The first-order valence-electron chi connectivity index (χ1n) is 6.86. The molecule has 20 heavy (non-hydrogen) atoms. The highest BCUT2D eigenvalue weighted by Gasteiger charge is 2.13. The summed E-state index contributed by atoms with van der Waals surface area (Å²) in [6, 6.07) is 13.6. The first kappa shape index (κ1) is 14.9. The van der Waals surface area contributed by atoms with Crippen LogP contribution in [0.2, 0.25) is 5.02 Å². The van der Waals surface area contributed by atoms with Gasteiger partial charge >= 0.3 is 0 Å². The van der Waals surface area contributed by atoms with Crippen LogP contribution in [0.5, 0.6) is 5.75 Å². The molecule has 2 rings (SSSR count). The Labute approximate surface area is 125 Å². The molecule has 2 N–H and O–H groups in total. The molecule has 2 nitrogen and oxygen atoms in total. The summed E-state index contributed by atoms with van der Waals surface area (Å²) >= 11 is 6.33. The SMILES string of the molecule is CCCOc1ccc(C(N)c2cccc(C)c2Cl)cc1. The number of nitrogens with two attached hydrogens (primary N) is 1. The van der Waals surface area contributed by atoms with Crippen molar-refractivity contribution in [2.75, 3.05) is 6.61 Å². The monoisotopic (exact) mass is 289 g/mol. The van der Waals surface area contributed by atoms with Crippen molar-refractivity contribution in [3.05, 3.63) is 64.2 Å².